The summed E-state index contributed by atoms with van der Waals surface area (Å²) < 4.78 is 0. The molecular formula is C17H28IN5O. The number of guanidine groups is 1. The third-order valence-electron chi connectivity index (χ3n) is 3.75. The van der Waals surface area contributed by atoms with E-state index in [9.17, 15) is 4.79 Å². The van der Waals surface area contributed by atoms with Gasteiger partial charge in [-0.25, -0.2) is 4.79 Å². The Morgan fingerprint density at radius 1 is 1.29 bits per heavy atom. The first kappa shape index (κ1) is 20.5. The standard InChI is InChI=1S/C17H27N5O.HI/c1-11(2)20-17(23)21-14-7-5-13(6-8-14)10-19-16(18-4)22-15-9-12(15)3;/h5-8,11-12,15H,9-10H2,1-4H3,(H2,18,19,22)(H2,20,21,23);1H. The molecule has 0 saturated heterocycles. The third-order valence-corrected chi connectivity index (χ3v) is 3.75. The average molecular weight is 445 g/mol. The Morgan fingerprint density at radius 2 is 1.92 bits per heavy atom. The fraction of sp³-hybridized carbons (Fsp3) is 0.529. The van der Waals surface area contributed by atoms with Crippen molar-refractivity contribution >= 4 is 41.7 Å². The van der Waals surface area contributed by atoms with Crippen molar-refractivity contribution in [3.8, 4) is 0 Å². The maximum absolute atomic E-state index is 11.6. The molecule has 1 aromatic carbocycles. The monoisotopic (exact) mass is 445 g/mol. The molecule has 7 heteroatoms. The number of carbonyl (C=O) groups excluding carboxylic acids is 1. The van der Waals surface area contributed by atoms with Crippen LogP contribution in [0.2, 0.25) is 0 Å². The highest BCUT2D eigenvalue weighted by atomic mass is 127. The minimum absolute atomic E-state index is 0. The summed E-state index contributed by atoms with van der Waals surface area (Å²) in [5.41, 5.74) is 1.91. The molecule has 1 aliphatic rings. The van der Waals surface area contributed by atoms with Gasteiger partial charge in [0.1, 0.15) is 0 Å². The molecule has 1 fully saturated rings. The molecule has 1 aromatic rings. The maximum Gasteiger partial charge on any atom is 0.319 e. The Labute approximate surface area is 161 Å². The quantitative estimate of drug-likeness (QED) is 0.320. The molecule has 2 atom stereocenters. The molecule has 134 valence electrons. The topological polar surface area (TPSA) is 77.5 Å². The molecule has 2 rings (SSSR count). The first-order valence-corrected chi connectivity index (χ1v) is 8.11. The van der Waals surface area contributed by atoms with Gasteiger partial charge in [0.15, 0.2) is 5.96 Å². The normalized spacial score (nSPS) is 19.3. The summed E-state index contributed by atoms with van der Waals surface area (Å²) >= 11 is 0. The number of hydrogen-bond acceptors (Lipinski definition) is 2. The lowest BCUT2D eigenvalue weighted by Crippen LogP contribution is -2.38. The highest BCUT2D eigenvalue weighted by Crippen LogP contribution is 2.28. The molecule has 1 aliphatic carbocycles. The molecule has 0 heterocycles. The summed E-state index contributed by atoms with van der Waals surface area (Å²) in [6.07, 6.45) is 1.21. The van der Waals surface area contributed by atoms with Gasteiger partial charge in [-0.05, 0) is 43.9 Å². The predicted octanol–water partition coefficient (Wildman–Crippen LogP) is 2.91. The van der Waals surface area contributed by atoms with Gasteiger partial charge < -0.3 is 21.3 Å². The summed E-state index contributed by atoms with van der Waals surface area (Å²) in [6, 6.07) is 8.26. The number of rotatable bonds is 5. The van der Waals surface area contributed by atoms with Gasteiger partial charge in [-0.3, -0.25) is 4.99 Å². The summed E-state index contributed by atoms with van der Waals surface area (Å²) in [7, 11) is 1.78. The Hall–Kier alpha value is -1.51. The van der Waals surface area contributed by atoms with Crippen LogP contribution in [0, 0.1) is 5.92 Å². The molecule has 0 bridgehead atoms. The van der Waals surface area contributed by atoms with Gasteiger partial charge in [0.05, 0.1) is 0 Å². The Morgan fingerprint density at radius 3 is 2.42 bits per heavy atom. The van der Waals surface area contributed by atoms with E-state index in [0.717, 1.165) is 23.1 Å². The van der Waals surface area contributed by atoms with E-state index in [1.165, 1.54) is 6.42 Å². The Kier molecular flexibility index (Phi) is 8.30. The van der Waals surface area contributed by atoms with Crippen LogP contribution in [-0.2, 0) is 6.54 Å². The second-order valence-corrected chi connectivity index (χ2v) is 6.34. The fourth-order valence-electron chi connectivity index (χ4n) is 2.21. The van der Waals surface area contributed by atoms with Crippen LogP contribution in [0.25, 0.3) is 0 Å². The molecule has 2 unspecified atom stereocenters. The van der Waals surface area contributed by atoms with E-state index in [0.29, 0.717) is 12.6 Å². The van der Waals surface area contributed by atoms with Crippen LogP contribution in [0.3, 0.4) is 0 Å². The van der Waals surface area contributed by atoms with Crippen molar-refractivity contribution in [1.82, 2.24) is 16.0 Å². The molecule has 4 N–H and O–H groups in total. The summed E-state index contributed by atoms with van der Waals surface area (Å²) in [6.45, 7) is 6.78. The lowest BCUT2D eigenvalue weighted by molar-refractivity contribution is 0.250. The van der Waals surface area contributed by atoms with E-state index >= 15 is 0 Å². The number of amides is 2. The van der Waals surface area contributed by atoms with E-state index in [1.807, 2.05) is 38.1 Å². The van der Waals surface area contributed by atoms with E-state index in [4.69, 9.17) is 0 Å². The predicted molar refractivity (Wildman–Crippen MR) is 110 cm³/mol. The van der Waals surface area contributed by atoms with E-state index in [1.54, 1.807) is 7.05 Å². The van der Waals surface area contributed by atoms with Crippen molar-refractivity contribution in [2.45, 2.75) is 45.8 Å². The summed E-state index contributed by atoms with van der Waals surface area (Å²) in [5.74, 6) is 1.56. The number of urea groups is 1. The number of nitrogens with one attached hydrogen (secondary N) is 4. The average Bonchev–Trinajstić information content (AvgIpc) is 3.19. The van der Waals surface area contributed by atoms with Crippen LogP contribution < -0.4 is 21.3 Å². The zero-order valence-electron chi connectivity index (χ0n) is 14.7. The van der Waals surface area contributed by atoms with Crippen molar-refractivity contribution < 1.29 is 4.79 Å². The minimum atomic E-state index is -0.186. The smallest absolute Gasteiger partial charge is 0.319 e. The van der Waals surface area contributed by atoms with Crippen LogP contribution in [0.1, 0.15) is 32.8 Å². The molecule has 0 aromatic heterocycles. The fourth-order valence-corrected chi connectivity index (χ4v) is 2.21. The number of hydrogen-bond donors (Lipinski definition) is 4. The Balaban J connectivity index is 0.00000288. The van der Waals surface area contributed by atoms with Crippen molar-refractivity contribution in [2.24, 2.45) is 10.9 Å². The first-order chi connectivity index (χ1) is 11.0. The zero-order chi connectivity index (χ0) is 16.8. The minimum Gasteiger partial charge on any atom is -0.353 e. The third kappa shape index (κ3) is 6.94. The molecule has 6 nitrogen and oxygen atoms in total. The SMILES string of the molecule is CN=C(NCc1ccc(NC(=O)NC(C)C)cc1)NC1CC1C.I. The molecule has 2 amide bonds. The molecular weight excluding hydrogens is 417 g/mol. The lowest BCUT2D eigenvalue weighted by atomic mass is 10.2. The van der Waals surface area contributed by atoms with Gasteiger partial charge in [0, 0.05) is 31.4 Å². The van der Waals surface area contributed by atoms with E-state index < -0.39 is 0 Å². The largest absolute Gasteiger partial charge is 0.353 e. The number of nitrogens with zero attached hydrogens (tertiary/aromatic N) is 1. The number of aliphatic imine (C=N–C) groups is 1. The summed E-state index contributed by atoms with van der Waals surface area (Å²) in [5, 5.41) is 12.3. The highest BCUT2D eigenvalue weighted by molar-refractivity contribution is 14.0. The van der Waals surface area contributed by atoms with Crippen molar-refractivity contribution in [1.29, 1.82) is 0 Å². The van der Waals surface area contributed by atoms with Crippen molar-refractivity contribution in [3.05, 3.63) is 29.8 Å². The highest BCUT2D eigenvalue weighted by Gasteiger charge is 2.33. The Bertz CT molecular complexity index is 559. The maximum atomic E-state index is 11.6. The summed E-state index contributed by atoms with van der Waals surface area (Å²) in [4.78, 5) is 15.9. The van der Waals surface area contributed by atoms with Gasteiger partial charge in [-0.2, -0.15) is 0 Å². The van der Waals surface area contributed by atoms with E-state index in [2.05, 4.69) is 33.2 Å². The van der Waals surface area contributed by atoms with Gasteiger partial charge in [0.2, 0.25) is 0 Å². The van der Waals surface area contributed by atoms with Crippen LogP contribution in [0.5, 0.6) is 0 Å². The first-order valence-electron chi connectivity index (χ1n) is 8.11. The second kappa shape index (κ2) is 9.71. The second-order valence-electron chi connectivity index (χ2n) is 6.34. The van der Waals surface area contributed by atoms with E-state index in [-0.39, 0.29) is 36.0 Å². The number of halogens is 1. The molecule has 0 radical (unpaired) electrons. The molecule has 24 heavy (non-hydrogen) atoms. The molecule has 0 spiro atoms. The van der Waals surface area contributed by atoms with Crippen LogP contribution in [-0.4, -0.2) is 31.1 Å². The number of benzene rings is 1. The number of anilines is 1. The van der Waals surface area contributed by atoms with Crippen molar-refractivity contribution in [3.63, 3.8) is 0 Å². The van der Waals surface area contributed by atoms with Gasteiger partial charge >= 0.3 is 6.03 Å². The van der Waals surface area contributed by atoms with Crippen LogP contribution in [0.15, 0.2) is 29.3 Å². The van der Waals surface area contributed by atoms with Crippen LogP contribution in [0.4, 0.5) is 10.5 Å². The van der Waals surface area contributed by atoms with Crippen LogP contribution >= 0.6 is 24.0 Å². The molecule has 1 saturated carbocycles. The van der Waals surface area contributed by atoms with Crippen molar-refractivity contribution in [2.75, 3.05) is 12.4 Å². The van der Waals surface area contributed by atoms with Gasteiger partial charge in [-0.15, -0.1) is 24.0 Å². The molecule has 0 aliphatic heterocycles. The zero-order valence-corrected chi connectivity index (χ0v) is 17.0. The van der Waals surface area contributed by atoms with Gasteiger partial charge in [0.25, 0.3) is 0 Å². The number of carbonyl (C=O) groups is 1. The van der Waals surface area contributed by atoms with Gasteiger partial charge in [-0.1, -0.05) is 19.1 Å². The lowest BCUT2D eigenvalue weighted by Gasteiger charge is -2.12.